The van der Waals surface area contributed by atoms with Crippen LogP contribution in [0.2, 0.25) is 0 Å². The van der Waals surface area contributed by atoms with Gasteiger partial charge in [0.2, 0.25) is 23.6 Å². The SMILES string of the molecule is CC(C)C[C@H](NC(=O)[C@H](CC(C)C)NC(=O)[C@H](CCCC[NH3+])NC(=O)[C@@H](NC(=O)[C@H](CCCC[NH3+])NC(=O)[C@@H]([NH3+])CC(C)C)[C@@H](C)O)C(=O)O. The summed E-state index contributed by atoms with van der Waals surface area (Å²) in [7, 11) is 0. The van der Waals surface area contributed by atoms with Gasteiger partial charge in [-0.05, 0) is 76.0 Å². The van der Waals surface area contributed by atoms with E-state index in [1.807, 2.05) is 41.5 Å². The minimum Gasteiger partial charge on any atom is -0.480 e. The number of carbonyl (C=O) groups is 6. The summed E-state index contributed by atoms with van der Waals surface area (Å²) >= 11 is 0. The molecule has 0 fully saturated rings. The van der Waals surface area contributed by atoms with Crippen molar-refractivity contribution in [2.45, 2.75) is 149 Å². The minimum atomic E-state index is -1.47. The van der Waals surface area contributed by atoms with Crippen molar-refractivity contribution in [1.29, 1.82) is 0 Å². The first-order chi connectivity index (χ1) is 23.3. The van der Waals surface area contributed by atoms with Crippen LogP contribution in [-0.4, -0.2) is 101 Å². The van der Waals surface area contributed by atoms with Crippen LogP contribution in [0.25, 0.3) is 0 Å². The zero-order valence-electron chi connectivity index (χ0n) is 31.5. The number of hydrogen-bond acceptors (Lipinski definition) is 7. The van der Waals surface area contributed by atoms with E-state index in [-0.39, 0.29) is 43.4 Å². The van der Waals surface area contributed by atoms with E-state index in [4.69, 9.17) is 0 Å². The molecule has 0 aliphatic heterocycles. The van der Waals surface area contributed by atoms with Crippen molar-refractivity contribution >= 4 is 35.5 Å². The van der Waals surface area contributed by atoms with Crippen LogP contribution < -0.4 is 43.8 Å². The second-order valence-electron chi connectivity index (χ2n) is 14.6. The quantitative estimate of drug-likeness (QED) is 0.0424. The summed E-state index contributed by atoms with van der Waals surface area (Å²) in [5.41, 5.74) is 11.6. The maximum Gasteiger partial charge on any atom is 0.326 e. The van der Waals surface area contributed by atoms with Crippen LogP contribution >= 0.6 is 0 Å². The molecule has 16 nitrogen and oxygen atoms in total. The van der Waals surface area contributed by atoms with Crippen molar-refractivity contribution in [3.8, 4) is 0 Å². The number of aliphatic carboxylic acids is 1. The monoisotopic (exact) mass is 718 g/mol. The van der Waals surface area contributed by atoms with Crippen molar-refractivity contribution < 1.29 is 56.2 Å². The van der Waals surface area contributed by atoms with E-state index in [1.165, 1.54) is 6.92 Å². The average Bonchev–Trinajstić information content (AvgIpc) is 3.00. The number of unbranched alkanes of at least 4 members (excludes halogenated alkanes) is 2. The Kier molecular flexibility index (Phi) is 23.1. The Bertz CT molecular complexity index is 1070. The van der Waals surface area contributed by atoms with Crippen molar-refractivity contribution in [2.24, 2.45) is 17.8 Å². The molecule has 7 atom stereocenters. The first-order valence-electron chi connectivity index (χ1n) is 18.2. The molecule has 0 radical (unpaired) electrons. The van der Waals surface area contributed by atoms with Crippen LogP contribution in [0.15, 0.2) is 0 Å². The van der Waals surface area contributed by atoms with Gasteiger partial charge < -0.3 is 54.0 Å². The largest absolute Gasteiger partial charge is 0.480 e. The zero-order chi connectivity index (χ0) is 38.6. The smallest absolute Gasteiger partial charge is 0.326 e. The van der Waals surface area contributed by atoms with Gasteiger partial charge in [-0.25, -0.2) is 4.79 Å². The van der Waals surface area contributed by atoms with E-state index in [9.17, 15) is 39.0 Å². The Morgan fingerprint density at radius 1 is 0.520 bits per heavy atom. The van der Waals surface area contributed by atoms with Crippen LogP contribution in [0.5, 0.6) is 0 Å². The fourth-order valence-corrected chi connectivity index (χ4v) is 5.41. The van der Waals surface area contributed by atoms with Gasteiger partial charge in [0.25, 0.3) is 5.91 Å². The number of nitrogens with one attached hydrogen (secondary N) is 5. The van der Waals surface area contributed by atoms with Crippen LogP contribution in [0, 0.1) is 17.8 Å². The lowest BCUT2D eigenvalue weighted by Crippen LogP contribution is -2.69. The van der Waals surface area contributed by atoms with E-state index in [0.29, 0.717) is 45.2 Å². The number of aliphatic hydroxyl groups excluding tert-OH is 1. The number of quaternary nitrogens is 3. The lowest BCUT2D eigenvalue weighted by atomic mass is 9.99. The minimum absolute atomic E-state index is 0.00447. The van der Waals surface area contributed by atoms with Crippen molar-refractivity contribution in [3.05, 3.63) is 0 Å². The normalized spacial score (nSPS) is 15.7. The molecule has 0 aromatic rings. The highest BCUT2D eigenvalue weighted by molar-refractivity contribution is 5.96. The van der Waals surface area contributed by atoms with E-state index in [2.05, 4.69) is 43.8 Å². The molecule has 50 heavy (non-hydrogen) atoms. The molecule has 0 heterocycles. The molecular weight excluding hydrogens is 648 g/mol. The first-order valence-corrected chi connectivity index (χ1v) is 18.2. The Morgan fingerprint density at radius 3 is 1.32 bits per heavy atom. The van der Waals surface area contributed by atoms with Crippen LogP contribution in [0.4, 0.5) is 0 Å². The van der Waals surface area contributed by atoms with Crippen LogP contribution in [-0.2, 0) is 28.8 Å². The van der Waals surface area contributed by atoms with Crippen molar-refractivity contribution in [1.82, 2.24) is 26.6 Å². The molecule has 0 saturated heterocycles. The number of hydrogen-bond donors (Lipinski definition) is 10. The fourth-order valence-electron chi connectivity index (χ4n) is 5.41. The van der Waals surface area contributed by atoms with Gasteiger partial charge in [-0.1, -0.05) is 41.5 Å². The van der Waals surface area contributed by atoms with Crippen molar-refractivity contribution in [2.75, 3.05) is 13.1 Å². The average molecular weight is 718 g/mol. The Hall–Kier alpha value is -3.34. The summed E-state index contributed by atoms with van der Waals surface area (Å²) in [4.78, 5) is 78.6. The molecule has 16 heteroatoms. The summed E-state index contributed by atoms with van der Waals surface area (Å²) < 4.78 is 0. The van der Waals surface area contributed by atoms with E-state index >= 15 is 0 Å². The van der Waals surface area contributed by atoms with Gasteiger partial charge in [0.1, 0.15) is 30.2 Å². The molecule has 290 valence electrons. The Balaban J connectivity index is 6.10. The van der Waals surface area contributed by atoms with Gasteiger partial charge in [0.15, 0.2) is 6.04 Å². The molecule has 0 bridgehead atoms. The number of carbonyl (C=O) groups excluding carboxylic acids is 5. The predicted molar refractivity (Wildman–Crippen MR) is 187 cm³/mol. The third kappa shape index (κ3) is 19.2. The molecule has 0 rings (SSSR count). The molecule has 0 aliphatic rings. The van der Waals surface area contributed by atoms with Gasteiger partial charge in [0, 0.05) is 6.42 Å². The summed E-state index contributed by atoms with van der Waals surface area (Å²) in [5, 5.41) is 33.4. The number of aliphatic hydroxyl groups is 1. The van der Waals surface area contributed by atoms with E-state index in [0.717, 1.165) is 0 Å². The fraction of sp³-hybridized carbons (Fsp3) is 0.824. The van der Waals surface area contributed by atoms with Gasteiger partial charge >= 0.3 is 5.97 Å². The molecular formula is C34H69N8O8+3. The molecule has 5 amide bonds. The maximum atomic E-state index is 13.7. The lowest BCUT2D eigenvalue weighted by molar-refractivity contribution is -0.406. The molecule has 0 spiro atoms. The van der Waals surface area contributed by atoms with Crippen LogP contribution in [0.1, 0.15) is 106 Å². The molecule has 0 saturated carbocycles. The molecule has 0 aliphatic carbocycles. The lowest BCUT2D eigenvalue weighted by Gasteiger charge is -2.28. The van der Waals surface area contributed by atoms with Gasteiger partial charge in [-0.2, -0.15) is 0 Å². The summed E-state index contributed by atoms with van der Waals surface area (Å²) in [6, 6.07) is -6.40. The standard InChI is InChI=1S/C34H66N8O8/c1-19(2)16-23(37)29(44)38-25(13-9-11-15-36)31(46)42-28(22(7)43)33(48)39-24(12-8-10-14-35)30(45)40-26(17-20(3)4)32(47)41-27(34(49)50)18-21(5)6/h19-28,43H,8-18,35-37H2,1-7H3,(H,38,44)(H,39,48)(H,40,45)(H,41,47)(H,42,46)(H,49,50)/p+3/t22-,23+,24+,25+,26+,27+,28+/m1/s1. The first kappa shape index (κ1) is 46.7. The third-order valence-corrected chi connectivity index (χ3v) is 8.10. The number of rotatable bonds is 26. The Morgan fingerprint density at radius 2 is 0.900 bits per heavy atom. The zero-order valence-corrected chi connectivity index (χ0v) is 31.5. The highest BCUT2D eigenvalue weighted by Crippen LogP contribution is 2.11. The maximum absolute atomic E-state index is 13.7. The van der Waals surface area contributed by atoms with E-state index in [1.54, 1.807) is 0 Å². The topological polar surface area (TPSA) is 286 Å². The summed E-state index contributed by atoms with van der Waals surface area (Å²) in [5.74, 6) is -4.22. The Labute approximate surface area is 297 Å². The van der Waals surface area contributed by atoms with E-state index < -0.39 is 77.9 Å². The van der Waals surface area contributed by atoms with Gasteiger partial charge in [-0.3, -0.25) is 24.0 Å². The third-order valence-electron chi connectivity index (χ3n) is 8.10. The van der Waals surface area contributed by atoms with Gasteiger partial charge in [-0.15, -0.1) is 0 Å². The second-order valence-corrected chi connectivity index (χ2v) is 14.6. The number of carboxylic acid groups (broad SMARTS) is 1. The van der Waals surface area contributed by atoms with Gasteiger partial charge in [0.05, 0.1) is 19.2 Å². The molecule has 0 aromatic heterocycles. The highest BCUT2D eigenvalue weighted by Gasteiger charge is 2.35. The summed E-state index contributed by atoms with van der Waals surface area (Å²) in [6.07, 6.45) is 2.49. The molecule has 0 aromatic carbocycles. The molecule has 16 N–H and O–H groups in total. The molecule has 0 unspecified atom stereocenters. The predicted octanol–water partition coefficient (Wildman–Crippen LogP) is -2.55. The second kappa shape index (κ2) is 24.7. The number of amides is 5. The van der Waals surface area contributed by atoms with Crippen LogP contribution in [0.3, 0.4) is 0 Å². The number of carboxylic acids is 1. The van der Waals surface area contributed by atoms with Crippen molar-refractivity contribution in [3.63, 3.8) is 0 Å². The highest BCUT2D eigenvalue weighted by atomic mass is 16.4. The summed E-state index contributed by atoms with van der Waals surface area (Å²) in [6.45, 7) is 13.9.